The van der Waals surface area contributed by atoms with Crippen LogP contribution in [0.2, 0.25) is 0 Å². The van der Waals surface area contributed by atoms with Gasteiger partial charge in [-0.1, -0.05) is 20.8 Å². The van der Waals surface area contributed by atoms with Crippen molar-refractivity contribution in [3.63, 3.8) is 0 Å². The molecule has 0 aliphatic heterocycles. The first-order valence-corrected chi connectivity index (χ1v) is 5.80. The molecule has 88 valence electrons. The molecule has 0 amide bonds. The third kappa shape index (κ3) is 1.33. The second-order valence-electron chi connectivity index (χ2n) is 5.78. The minimum Gasteiger partial charge on any atom is -0.453 e. The summed E-state index contributed by atoms with van der Waals surface area (Å²) in [7, 11) is 0. The van der Waals surface area contributed by atoms with Crippen LogP contribution in [0.1, 0.15) is 40.0 Å². The quantitative estimate of drug-likeness (QED) is 0.310. The lowest BCUT2D eigenvalue weighted by Crippen LogP contribution is -2.38. The lowest BCUT2D eigenvalue weighted by molar-refractivity contribution is -0.151. The molecular weight excluding hydrogens is 204 g/mol. The summed E-state index contributed by atoms with van der Waals surface area (Å²) in [5.74, 6) is 0.0958. The van der Waals surface area contributed by atoms with Gasteiger partial charge in [-0.2, -0.15) is 4.79 Å². The molecule has 0 aromatic heterocycles. The van der Waals surface area contributed by atoms with E-state index in [9.17, 15) is 4.79 Å². The van der Waals surface area contributed by atoms with Crippen LogP contribution in [0.5, 0.6) is 0 Å². The van der Waals surface area contributed by atoms with Crippen molar-refractivity contribution >= 4 is 12.2 Å². The smallest absolute Gasteiger partial charge is 0.413 e. The maximum atomic E-state index is 11.3. The van der Waals surface area contributed by atoms with Gasteiger partial charge in [-0.05, 0) is 30.6 Å². The molecule has 0 radical (unpaired) electrons. The van der Waals surface area contributed by atoms with Crippen LogP contribution < -0.4 is 0 Å². The fourth-order valence-electron chi connectivity index (χ4n) is 3.53. The van der Waals surface area contributed by atoms with Gasteiger partial charge in [-0.15, -0.1) is 0 Å². The Balaban J connectivity index is 2.16. The normalized spacial score (nSPS) is 39.2. The Morgan fingerprint density at radius 3 is 2.62 bits per heavy atom. The molecule has 0 N–H and O–H groups in total. The standard InChI is InChI=1S/C12H18N2O2/c1-11(2)8-4-5-12(11,3)9(6-8)16-10(15)7-14-13/h7-9H,4-6H2,1-3H3/t8-,9-,12+/m1/s1. The summed E-state index contributed by atoms with van der Waals surface area (Å²) in [5.41, 5.74) is 8.57. The lowest BCUT2D eigenvalue weighted by Gasteiger charge is -2.37. The number of carbonyl (C=O) groups is 1. The van der Waals surface area contributed by atoms with Gasteiger partial charge in [0.1, 0.15) is 6.10 Å². The lowest BCUT2D eigenvalue weighted by atomic mass is 9.70. The van der Waals surface area contributed by atoms with Crippen LogP contribution in [-0.4, -0.2) is 23.1 Å². The van der Waals surface area contributed by atoms with Gasteiger partial charge in [0.25, 0.3) is 0 Å². The topological polar surface area (TPSA) is 62.7 Å². The van der Waals surface area contributed by atoms with Gasteiger partial charge in [0.2, 0.25) is 0 Å². The molecule has 2 rings (SSSR count). The molecule has 3 atom stereocenters. The molecular formula is C12H18N2O2. The van der Waals surface area contributed by atoms with Crippen molar-refractivity contribution < 1.29 is 14.3 Å². The van der Waals surface area contributed by atoms with E-state index < -0.39 is 5.97 Å². The third-order valence-corrected chi connectivity index (χ3v) is 5.14. The van der Waals surface area contributed by atoms with E-state index in [2.05, 4.69) is 25.6 Å². The number of hydrogen-bond donors (Lipinski definition) is 0. The number of ether oxygens (including phenoxy) is 1. The number of esters is 1. The van der Waals surface area contributed by atoms with Crippen molar-refractivity contribution in [1.82, 2.24) is 0 Å². The van der Waals surface area contributed by atoms with Crippen molar-refractivity contribution in [1.29, 1.82) is 0 Å². The molecule has 0 aromatic carbocycles. The molecule has 0 aromatic rings. The number of hydrogen-bond acceptors (Lipinski definition) is 2. The van der Waals surface area contributed by atoms with Gasteiger partial charge in [0.15, 0.2) is 0 Å². The molecule has 0 heterocycles. The van der Waals surface area contributed by atoms with Crippen molar-refractivity contribution in [2.45, 2.75) is 46.1 Å². The summed E-state index contributed by atoms with van der Waals surface area (Å²) in [6.45, 7) is 6.73. The Bertz CT molecular complexity index is 371. The molecule has 16 heavy (non-hydrogen) atoms. The van der Waals surface area contributed by atoms with E-state index in [1.165, 1.54) is 6.42 Å². The second-order valence-corrected chi connectivity index (χ2v) is 5.78. The van der Waals surface area contributed by atoms with Crippen LogP contribution in [0.25, 0.3) is 5.53 Å². The molecule has 0 spiro atoms. The van der Waals surface area contributed by atoms with Crippen molar-refractivity contribution in [2.24, 2.45) is 16.7 Å². The minimum atomic E-state index is -0.544. The summed E-state index contributed by atoms with van der Waals surface area (Å²) in [6.07, 6.45) is 4.06. The van der Waals surface area contributed by atoms with E-state index >= 15 is 0 Å². The van der Waals surface area contributed by atoms with E-state index in [0.717, 1.165) is 19.1 Å². The fourth-order valence-corrected chi connectivity index (χ4v) is 3.53. The molecule has 2 saturated carbocycles. The van der Waals surface area contributed by atoms with Gasteiger partial charge in [0.05, 0.1) is 0 Å². The van der Waals surface area contributed by atoms with Crippen molar-refractivity contribution in [3.05, 3.63) is 5.53 Å². The van der Waals surface area contributed by atoms with E-state index in [-0.39, 0.29) is 16.9 Å². The van der Waals surface area contributed by atoms with Gasteiger partial charge >= 0.3 is 12.2 Å². The molecule has 2 aliphatic rings. The minimum absolute atomic E-state index is 0.0354. The molecule has 2 fully saturated rings. The zero-order valence-corrected chi connectivity index (χ0v) is 10.1. The first kappa shape index (κ1) is 11.3. The highest BCUT2D eigenvalue weighted by atomic mass is 16.5. The average molecular weight is 222 g/mol. The highest BCUT2D eigenvalue weighted by molar-refractivity contribution is 6.20. The number of rotatable bonds is 2. The zero-order valence-electron chi connectivity index (χ0n) is 10.1. The largest absolute Gasteiger partial charge is 0.453 e. The average Bonchev–Trinajstić information content (AvgIpc) is 2.51. The van der Waals surface area contributed by atoms with E-state index in [1.807, 2.05) is 0 Å². The van der Waals surface area contributed by atoms with Crippen LogP contribution in [0.3, 0.4) is 0 Å². The van der Waals surface area contributed by atoms with Crippen LogP contribution in [0.15, 0.2) is 0 Å². The summed E-state index contributed by atoms with van der Waals surface area (Å²) in [4.78, 5) is 14.0. The zero-order chi connectivity index (χ0) is 12.0. The van der Waals surface area contributed by atoms with Gasteiger partial charge in [-0.3, -0.25) is 0 Å². The Labute approximate surface area is 95.6 Å². The van der Waals surface area contributed by atoms with Gasteiger partial charge < -0.3 is 10.3 Å². The molecule has 4 nitrogen and oxygen atoms in total. The maximum absolute atomic E-state index is 11.3. The van der Waals surface area contributed by atoms with Crippen LogP contribution in [0, 0.1) is 16.7 Å². The summed E-state index contributed by atoms with van der Waals surface area (Å²) < 4.78 is 5.38. The SMILES string of the molecule is CC1(C)[C@@H]2CC[C@@]1(C)[C@H](OC(=O)C=[N+]=[N-])C2. The second kappa shape index (κ2) is 3.42. The van der Waals surface area contributed by atoms with Gasteiger partial charge in [0, 0.05) is 5.41 Å². The number of carbonyl (C=O) groups excluding carboxylic acids is 1. The molecule has 0 unspecified atom stereocenters. The Morgan fingerprint density at radius 1 is 1.50 bits per heavy atom. The van der Waals surface area contributed by atoms with E-state index in [4.69, 9.17) is 10.3 Å². The Kier molecular flexibility index (Phi) is 2.43. The van der Waals surface area contributed by atoms with E-state index in [1.54, 1.807) is 0 Å². The molecule has 2 aliphatic carbocycles. The molecule has 0 saturated heterocycles. The number of fused-ring (bicyclic) bond motifs is 2. The van der Waals surface area contributed by atoms with Crippen LogP contribution in [0.4, 0.5) is 0 Å². The molecule has 4 heteroatoms. The predicted octanol–water partition coefficient (Wildman–Crippen LogP) is 2.04. The summed E-state index contributed by atoms with van der Waals surface area (Å²) in [5, 5.41) is 0. The van der Waals surface area contributed by atoms with Crippen molar-refractivity contribution in [3.8, 4) is 0 Å². The fraction of sp³-hybridized carbons (Fsp3) is 0.833. The van der Waals surface area contributed by atoms with Crippen molar-refractivity contribution in [2.75, 3.05) is 0 Å². The molecule has 2 bridgehead atoms. The Morgan fingerprint density at radius 2 is 2.19 bits per heavy atom. The number of nitrogens with zero attached hydrogens (tertiary/aromatic N) is 2. The van der Waals surface area contributed by atoms with Gasteiger partial charge in [-0.25, -0.2) is 4.79 Å². The summed E-state index contributed by atoms with van der Waals surface area (Å²) in [6, 6.07) is 0. The predicted molar refractivity (Wildman–Crippen MR) is 58.8 cm³/mol. The maximum Gasteiger partial charge on any atom is 0.413 e. The van der Waals surface area contributed by atoms with Crippen LogP contribution >= 0.6 is 0 Å². The first-order chi connectivity index (χ1) is 7.41. The van der Waals surface area contributed by atoms with Crippen LogP contribution in [-0.2, 0) is 9.53 Å². The monoisotopic (exact) mass is 222 g/mol. The Hall–Kier alpha value is -1.15. The summed E-state index contributed by atoms with van der Waals surface area (Å²) >= 11 is 0. The highest BCUT2D eigenvalue weighted by Crippen LogP contribution is 2.66. The highest BCUT2D eigenvalue weighted by Gasteiger charge is 2.62. The third-order valence-electron chi connectivity index (χ3n) is 5.14. The van der Waals surface area contributed by atoms with E-state index in [0.29, 0.717) is 5.92 Å². The first-order valence-electron chi connectivity index (χ1n) is 5.80.